The molecule has 124 valence electrons. The maximum Gasteiger partial charge on any atom is 0.177 e. The second-order valence-corrected chi connectivity index (χ2v) is 6.36. The van der Waals surface area contributed by atoms with Crippen LogP contribution in [-0.2, 0) is 13.0 Å². The summed E-state index contributed by atoms with van der Waals surface area (Å²) in [6, 6.07) is 12.4. The minimum absolute atomic E-state index is 0.763. The van der Waals surface area contributed by atoms with E-state index in [4.69, 9.17) is 9.15 Å². The van der Waals surface area contributed by atoms with Crippen LogP contribution in [0.1, 0.15) is 16.9 Å². The lowest BCUT2D eigenvalue weighted by Crippen LogP contribution is -2.12. The summed E-state index contributed by atoms with van der Waals surface area (Å²) in [7, 11) is 4.07. The van der Waals surface area contributed by atoms with Crippen molar-refractivity contribution in [1.82, 2.24) is 5.32 Å². The number of likely N-dealkylation sites (N-methyl/N-ethyl adjacent to an activating group) is 1. The fraction of sp³-hybridized carbons (Fsp3) is 0.300. The van der Waals surface area contributed by atoms with Crippen LogP contribution in [0.3, 0.4) is 0 Å². The lowest BCUT2D eigenvalue weighted by molar-refractivity contribution is 0.468. The second kappa shape index (κ2) is 5.87. The molecule has 1 aliphatic rings. The molecular weight excluding hydrogens is 300 g/mol. The molecule has 1 aromatic heterocycles. The Morgan fingerprint density at radius 3 is 2.96 bits per heavy atom. The Labute approximate surface area is 142 Å². The zero-order valence-electron chi connectivity index (χ0n) is 14.3. The third kappa shape index (κ3) is 2.43. The Bertz CT molecular complexity index is 898. The van der Waals surface area contributed by atoms with Crippen molar-refractivity contribution in [3.05, 3.63) is 53.3 Å². The predicted molar refractivity (Wildman–Crippen MR) is 97.2 cm³/mol. The first-order valence-corrected chi connectivity index (χ1v) is 8.35. The van der Waals surface area contributed by atoms with E-state index in [9.17, 15) is 0 Å². The zero-order valence-corrected chi connectivity index (χ0v) is 14.3. The topological polar surface area (TPSA) is 37.6 Å². The Hall–Kier alpha value is -2.46. The van der Waals surface area contributed by atoms with Crippen LogP contribution in [0.25, 0.3) is 11.0 Å². The van der Waals surface area contributed by atoms with E-state index in [1.54, 1.807) is 0 Å². The van der Waals surface area contributed by atoms with Gasteiger partial charge in [0, 0.05) is 42.8 Å². The number of benzene rings is 2. The number of anilines is 1. The molecule has 2 heterocycles. The van der Waals surface area contributed by atoms with Gasteiger partial charge in [-0.05, 0) is 38.1 Å². The van der Waals surface area contributed by atoms with Crippen molar-refractivity contribution >= 4 is 16.7 Å². The Balaban J connectivity index is 1.73. The molecule has 0 fully saturated rings. The molecule has 4 rings (SSSR count). The van der Waals surface area contributed by atoms with Gasteiger partial charge < -0.3 is 19.4 Å². The number of nitrogens with zero attached hydrogens (tertiary/aromatic N) is 1. The van der Waals surface area contributed by atoms with Crippen molar-refractivity contribution < 1.29 is 9.15 Å². The normalized spacial score (nSPS) is 13.5. The van der Waals surface area contributed by atoms with Gasteiger partial charge >= 0.3 is 0 Å². The molecule has 0 spiro atoms. The number of para-hydroxylation sites is 1. The molecule has 0 amide bonds. The molecule has 4 nitrogen and oxygen atoms in total. The standard InChI is InChI=1S/C20H22N2O2/c1-13-17(12-21-2)16-5-4-6-19(20(16)23-13)24-15-8-7-14-9-10-22(3)18(14)11-15/h4-8,11,21H,9-10,12H2,1-3H3. The second-order valence-electron chi connectivity index (χ2n) is 6.36. The predicted octanol–water partition coefficient (Wildman–Crippen LogP) is 4.25. The Kier molecular flexibility index (Phi) is 3.69. The SMILES string of the molecule is CNCc1c(C)oc2c(Oc3ccc4c(c3)N(C)CC4)cccc12. The molecule has 2 aromatic carbocycles. The van der Waals surface area contributed by atoms with Crippen LogP contribution < -0.4 is 15.0 Å². The van der Waals surface area contributed by atoms with E-state index in [1.165, 1.54) is 16.8 Å². The molecule has 0 bridgehead atoms. The molecule has 0 saturated carbocycles. The minimum Gasteiger partial charge on any atom is -0.457 e. The number of furan rings is 1. The highest BCUT2D eigenvalue weighted by atomic mass is 16.5. The number of ether oxygens (including phenoxy) is 1. The molecule has 24 heavy (non-hydrogen) atoms. The van der Waals surface area contributed by atoms with Gasteiger partial charge in [-0.15, -0.1) is 0 Å². The average Bonchev–Trinajstić information content (AvgIpc) is 3.10. The molecule has 1 N–H and O–H groups in total. The van der Waals surface area contributed by atoms with E-state index in [-0.39, 0.29) is 0 Å². The van der Waals surface area contributed by atoms with Crippen LogP contribution in [0.2, 0.25) is 0 Å². The molecule has 0 aliphatic carbocycles. The molecule has 0 unspecified atom stereocenters. The average molecular weight is 322 g/mol. The third-order valence-electron chi connectivity index (χ3n) is 4.75. The van der Waals surface area contributed by atoms with Crippen LogP contribution in [-0.4, -0.2) is 20.6 Å². The van der Waals surface area contributed by atoms with Crippen molar-refractivity contribution in [3.63, 3.8) is 0 Å². The van der Waals surface area contributed by atoms with Crippen molar-refractivity contribution in [2.24, 2.45) is 0 Å². The lowest BCUT2D eigenvalue weighted by Gasteiger charge is -2.13. The maximum atomic E-state index is 6.17. The largest absolute Gasteiger partial charge is 0.457 e. The summed E-state index contributed by atoms with van der Waals surface area (Å²) in [6.45, 7) is 3.85. The highest BCUT2D eigenvalue weighted by Crippen LogP contribution is 2.37. The number of fused-ring (bicyclic) bond motifs is 2. The van der Waals surface area contributed by atoms with Crippen molar-refractivity contribution in [2.45, 2.75) is 19.9 Å². The molecular formula is C20H22N2O2. The highest BCUT2D eigenvalue weighted by molar-refractivity contribution is 5.87. The first-order chi connectivity index (χ1) is 11.7. The minimum atomic E-state index is 0.763. The summed E-state index contributed by atoms with van der Waals surface area (Å²) in [5.41, 5.74) is 4.64. The van der Waals surface area contributed by atoms with Gasteiger partial charge in [-0.2, -0.15) is 0 Å². The summed E-state index contributed by atoms with van der Waals surface area (Å²) in [6.07, 6.45) is 1.10. The third-order valence-corrected chi connectivity index (χ3v) is 4.75. The van der Waals surface area contributed by atoms with Gasteiger partial charge in [0.1, 0.15) is 11.5 Å². The van der Waals surface area contributed by atoms with E-state index in [0.717, 1.165) is 47.7 Å². The van der Waals surface area contributed by atoms with Gasteiger partial charge in [0.15, 0.2) is 11.3 Å². The fourth-order valence-electron chi connectivity index (χ4n) is 3.45. The van der Waals surface area contributed by atoms with Crippen molar-refractivity contribution in [3.8, 4) is 11.5 Å². The highest BCUT2D eigenvalue weighted by Gasteiger charge is 2.18. The molecule has 3 aromatic rings. The summed E-state index contributed by atoms with van der Waals surface area (Å²) < 4.78 is 12.2. The Morgan fingerprint density at radius 1 is 1.25 bits per heavy atom. The summed E-state index contributed by atoms with van der Waals surface area (Å²) in [5.74, 6) is 2.54. The quantitative estimate of drug-likeness (QED) is 0.779. The molecule has 4 heteroatoms. The van der Waals surface area contributed by atoms with Crippen LogP contribution >= 0.6 is 0 Å². The van der Waals surface area contributed by atoms with Gasteiger partial charge in [0.05, 0.1) is 0 Å². The summed E-state index contributed by atoms with van der Waals surface area (Å²) in [5, 5.41) is 4.31. The molecule has 0 atom stereocenters. The number of hydrogen-bond donors (Lipinski definition) is 1. The lowest BCUT2D eigenvalue weighted by atomic mass is 10.1. The molecule has 1 aliphatic heterocycles. The van der Waals surface area contributed by atoms with Gasteiger partial charge in [0.25, 0.3) is 0 Å². The number of rotatable bonds is 4. The van der Waals surface area contributed by atoms with E-state index in [0.29, 0.717) is 0 Å². The van der Waals surface area contributed by atoms with Gasteiger partial charge in [0.2, 0.25) is 0 Å². The summed E-state index contributed by atoms with van der Waals surface area (Å²) in [4.78, 5) is 2.27. The van der Waals surface area contributed by atoms with Crippen LogP contribution in [0.5, 0.6) is 11.5 Å². The first-order valence-electron chi connectivity index (χ1n) is 8.35. The van der Waals surface area contributed by atoms with E-state index >= 15 is 0 Å². The Morgan fingerprint density at radius 2 is 2.12 bits per heavy atom. The van der Waals surface area contributed by atoms with Crippen LogP contribution in [0.4, 0.5) is 5.69 Å². The van der Waals surface area contributed by atoms with Gasteiger partial charge in [-0.25, -0.2) is 0 Å². The van der Waals surface area contributed by atoms with Crippen molar-refractivity contribution in [2.75, 3.05) is 25.5 Å². The first kappa shape index (κ1) is 15.1. The smallest absolute Gasteiger partial charge is 0.177 e. The van der Waals surface area contributed by atoms with Gasteiger partial charge in [-0.3, -0.25) is 0 Å². The van der Waals surface area contributed by atoms with Crippen LogP contribution in [0, 0.1) is 6.92 Å². The molecule has 0 radical (unpaired) electrons. The fourth-order valence-corrected chi connectivity index (χ4v) is 3.45. The van der Waals surface area contributed by atoms with Crippen LogP contribution in [0.15, 0.2) is 40.8 Å². The maximum absolute atomic E-state index is 6.17. The monoisotopic (exact) mass is 322 g/mol. The number of hydrogen-bond acceptors (Lipinski definition) is 4. The molecule has 0 saturated heterocycles. The zero-order chi connectivity index (χ0) is 16.7. The number of nitrogens with one attached hydrogen (secondary N) is 1. The van der Waals surface area contributed by atoms with Gasteiger partial charge in [-0.1, -0.05) is 18.2 Å². The summed E-state index contributed by atoms with van der Waals surface area (Å²) >= 11 is 0. The number of aryl methyl sites for hydroxylation is 1. The van der Waals surface area contributed by atoms with Crippen molar-refractivity contribution in [1.29, 1.82) is 0 Å². The van der Waals surface area contributed by atoms with E-state index in [2.05, 4.69) is 35.5 Å². The van der Waals surface area contributed by atoms with E-state index in [1.807, 2.05) is 32.2 Å². The van der Waals surface area contributed by atoms with E-state index < -0.39 is 0 Å².